The van der Waals surface area contributed by atoms with Gasteiger partial charge in [0.2, 0.25) is 11.8 Å². The van der Waals surface area contributed by atoms with Crippen molar-refractivity contribution in [1.29, 1.82) is 0 Å². The summed E-state index contributed by atoms with van der Waals surface area (Å²) in [5.74, 6) is -6.11. The van der Waals surface area contributed by atoms with E-state index >= 15 is 4.79 Å². The molecule has 12 nitrogen and oxygen atoms in total. The number of para-hydroxylation sites is 1. The summed E-state index contributed by atoms with van der Waals surface area (Å²) in [6, 6.07) is 26.7. The smallest absolute Gasteiger partial charge is 0.269 e. The van der Waals surface area contributed by atoms with E-state index in [9.17, 15) is 29.6 Å². The number of phenolic OH excluding ortho intramolecular Hbond substituents is 1. The molecule has 4 aliphatic rings. The molecule has 4 aromatic carbocycles. The number of aryl methyl sites for hydroxylation is 1. The fourth-order valence-electron chi connectivity index (χ4n) is 9.11. The van der Waals surface area contributed by atoms with Crippen LogP contribution in [-0.2, 0) is 24.6 Å². The van der Waals surface area contributed by atoms with Crippen molar-refractivity contribution >= 4 is 40.7 Å². The Morgan fingerprint density at radius 2 is 1.60 bits per heavy atom. The predicted molar refractivity (Wildman–Crippen MR) is 194 cm³/mol. The van der Waals surface area contributed by atoms with Gasteiger partial charge < -0.3 is 9.84 Å². The summed E-state index contributed by atoms with van der Waals surface area (Å²) in [5, 5.41) is 24.3. The van der Waals surface area contributed by atoms with Crippen molar-refractivity contribution < 1.29 is 33.9 Å². The molecule has 2 aliphatic heterocycles. The van der Waals surface area contributed by atoms with Crippen LogP contribution < -0.4 is 15.1 Å². The van der Waals surface area contributed by atoms with Gasteiger partial charge in [0, 0.05) is 23.6 Å². The number of nitro groups is 1. The molecule has 4 amide bonds. The summed E-state index contributed by atoms with van der Waals surface area (Å²) in [6.45, 7) is 3.99. The van der Waals surface area contributed by atoms with Gasteiger partial charge in [0.15, 0.2) is 11.5 Å². The Morgan fingerprint density at radius 3 is 2.28 bits per heavy atom. The third-order valence-electron chi connectivity index (χ3n) is 11.4. The fourth-order valence-corrected chi connectivity index (χ4v) is 9.11. The molecule has 2 aliphatic carbocycles. The number of anilines is 2. The number of non-ortho nitro benzene ring substituents is 1. The van der Waals surface area contributed by atoms with Gasteiger partial charge in [-0.25, -0.2) is 0 Å². The van der Waals surface area contributed by atoms with Crippen molar-refractivity contribution in [3.63, 3.8) is 0 Å². The first-order valence-electron chi connectivity index (χ1n) is 17.6. The van der Waals surface area contributed by atoms with Crippen molar-refractivity contribution in [1.82, 2.24) is 5.01 Å². The summed E-state index contributed by atoms with van der Waals surface area (Å²) in [4.78, 5) is 70.5. The van der Waals surface area contributed by atoms with Crippen LogP contribution in [-0.4, -0.2) is 45.3 Å². The highest BCUT2D eigenvalue weighted by atomic mass is 16.6. The van der Waals surface area contributed by atoms with E-state index in [-0.39, 0.29) is 42.3 Å². The number of hydrogen-bond acceptors (Lipinski definition) is 9. The third-order valence-corrected chi connectivity index (χ3v) is 11.4. The molecule has 1 saturated carbocycles. The second-order valence-corrected chi connectivity index (χ2v) is 14.0. The van der Waals surface area contributed by atoms with Gasteiger partial charge in [0.1, 0.15) is 0 Å². The van der Waals surface area contributed by atoms with E-state index in [0.29, 0.717) is 22.4 Å². The minimum Gasteiger partial charge on any atom is -0.504 e. The number of hydrazine groups is 1. The van der Waals surface area contributed by atoms with Crippen molar-refractivity contribution in [3.05, 3.63) is 136 Å². The molecule has 4 aromatic rings. The number of allylic oxidation sites excluding steroid dienone is 2. The molecule has 12 heteroatoms. The number of nitrogens with one attached hydrogen (secondary N) is 1. The molecule has 2 saturated heterocycles. The van der Waals surface area contributed by atoms with Gasteiger partial charge in [0.25, 0.3) is 17.5 Å². The number of fused-ring (bicyclic) bond motifs is 4. The standard InChI is InChI=1S/C41H36N4O8/c1-3-53-33-11-7-10-30(36(33)46)35-28-20-21-29-34(39(49)43(37(29)47)26-16-18-27(19-17-26)45(51)52)31(28)22-32-38(48)44(42-25-14-12-23(2)13-15-25)40(50)41(32,35)24-8-5-4-6-9-24/h4-20,29,31-32,34-35,42,46H,3,21-22H2,1-2H3/t29-,31+,32-,34-,35+,41+/m0/s1. The number of ether oxygens (including phenoxy) is 1. The maximum Gasteiger partial charge on any atom is 0.269 e. The lowest BCUT2D eigenvalue weighted by Crippen LogP contribution is -2.53. The van der Waals surface area contributed by atoms with Crippen LogP contribution in [0.4, 0.5) is 17.1 Å². The first-order chi connectivity index (χ1) is 25.6. The molecule has 2 N–H and O–H groups in total. The first-order valence-corrected chi connectivity index (χ1v) is 17.6. The second-order valence-electron chi connectivity index (χ2n) is 14.0. The fraction of sp³-hybridized carbons (Fsp3) is 0.268. The zero-order chi connectivity index (χ0) is 37.2. The number of carbonyl (C=O) groups excluding carboxylic acids is 4. The Kier molecular flexibility index (Phi) is 8.12. The number of nitro benzene ring substituents is 1. The zero-order valence-corrected chi connectivity index (χ0v) is 29.0. The Morgan fingerprint density at radius 1 is 0.887 bits per heavy atom. The van der Waals surface area contributed by atoms with Gasteiger partial charge in [-0.05, 0) is 68.5 Å². The lowest BCUT2D eigenvalue weighted by atomic mass is 9.49. The van der Waals surface area contributed by atoms with Gasteiger partial charge in [0.05, 0.1) is 46.1 Å². The van der Waals surface area contributed by atoms with Crippen LogP contribution >= 0.6 is 0 Å². The lowest BCUT2D eigenvalue weighted by Gasteiger charge is -2.50. The Balaban J connectivity index is 1.31. The van der Waals surface area contributed by atoms with Crippen molar-refractivity contribution in [2.24, 2.45) is 23.7 Å². The van der Waals surface area contributed by atoms with Crippen LogP contribution in [0.1, 0.15) is 42.4 Å². The van der Waals surface area contributed by atoms with E-state index in [1.807, 2.05) is 43.3 Å². The number of benzene rings is 4. The molecule has 0 spiro atoms. The number of amides is 4. The highest BCUT2D eigenvalue weighted by Crippen LogP contribution is 2.65. The molecule has 0 bridgehead atoms. The highest BCUT2D eigenvalue weighted by Gasteiger charge is 2.70. The Labute approximate surface area is 304 Å². The van der Waals surface area contributed by atoms with Crippen LogP contribution in [0.5, 0.6) is 11.5 Å². The largest absolute Gasteiger partial charge is 0.504 e. The van der Waals surface area contributed by atoms with E-state index in [2.05, 4.69) is 5.43 Å². The maximum atomic E-state index is 15.3. The molecule has 3 fully saturated rings. The molecule has 2 heterocycles. The second kappa shape index (κ2) is 12.7. The zero-order valence-electron chi connectivity index (χ0n) is 29.0. The summed E-state index contributed by atoms with van der Waals surface area (Å²) in [7, 11) is 0. The molecule has 53 heavy (non-hydrogen) atoms. The number of imide groups is 2. The maximum absolute atomic E-state index is 15.3. The normalized spacial score (nSPS) is 26.2. The Bertz CT molecular complexity index is 2200. The van der Waals surface area contributed by atoms with Crippen molar-refractivity contribution in [2.45, 2.75) is 38.0 Å². The van der Waals surface area contributed by atoms with Gasteiger partial charge >= 0.3 is 0 Å². The third kappa shape index (κ3) is 5.03. The van der Waals surface area contributed by atoms with Gasteiger partial charge in [-0.1, -0.05) is 71.8 Å². The quantitative estimate of drug-likeness (QED) is 0.0939. The van der Waals surface area contributed by atoms with Crippen LogP contribution in [0.15, 0.2) is 109 Å². The predicted octanol–water partition coefficient (Wildman–Crippen LogP) is 6.20. The number of nitrogens with zero attached hydrogens (tertiary/aromatic N) is 3. The van der Waals surface area contributed by atoms with Gasteiger partial charge in [-0.2, -0.15) is 5.01 Å². The SMILES string of the molecule is CCOc1cccc([C@H]2C3=CC[C@@H]4C(=O)N(c5ccc([N+](=O)[O-])cc5)C(=O)[C@@H]4[C@@H]3C[C@H]3C(=O)N(Nc4ccc(C)cc4)C(=O)[C@@]23c2ccccc2)c1O. The van der Waals surface area contributed by atoms with E-state index < -0.39 is 63.6 Å². The number of carbonyl (C=O) groups is 4. The number of rotatable bonds is 8. The minimum atomic E-state index is -1.56. The number of phenols is 1. The number of aromatic hydroxyl groups is 1. The van der Waals surface area contributed by atoms with Gasteiger partial charge in [-0.15, -0.1) is 0 Å². The molecule has 6 atom stereocenters. The molecular formula is C41H36N4O8. The molecule has 0 aromatic heterocycles. The topological polar surface area (TPSA) is 159 Å². The number of hydrogen-bond donors (Lipinski definition) is 2. The van der Waals surface area contributed by atoms with E-state index in [4.69, 9.17) is 4.74 Å². The first kappa shape index (κ1) is 33.8. The van der Waals surface area contributed by atoms with E-state index in [0.717, 1.165) is 15.5 Å². The average molecular weight is 713 g/mol. The Hall–Kier alpha value is -6.30. The summed E-state index contributed by atoms with van der Waals surface area (Å²) in [6.07, 6.45) is 2.16. The summed E-state index contributed by atoms with van der Waals surface area (Å²) < 4.78 is 5.81. The molecular weight excluding hydrogens is 676 g/mol. The average Bonchev–Trinajstić information content (AvgIpc) is 3.54. The van der Waals surface area contributed by atoms with E-state index in [1.165, 1.54) is 24.3 Å². The van der Waals surface area contributed by atoms with Crippen LogP contribution in [0.25, 0.3) is 0 Å². The summed E-state index contributed by atoms with van der Waals surface area (Å²) in [5.41, 5.74) is 4.70. The summed E-state index contributed by atoms with van der Waals surface area (Å²) >= 11 is 0. The highest BCUT2D eigenvalue weighted by molar-refractivity contribution is 6.22. The monoisotopic (exact) mass is 712 g/mol. The van der Waals surface area contributed by atoms with Gasteiger partial charge in [-0.3, -0.25) is 39.6 Å². The van der Waals surface area contributed by atoms with Crippen LogP contribution in [0.3, 0.4) is 0 Å². The molecule has 0 unspecified atom stereocenters. The molecule has 0 radical (unpaired) electrons. The lowest BCUT2D eigenvalue weighted by molar-refractivity contribution is -0.384. The van der Waals surface area contributed by atoms with Crippen LogP contribution in [0.2, 0.25) is 0 Å². The van der Waals surface area contributed by atoms with Crippen molar-refractivity contribution in [2.75, 3.05) is 16.9 Å². The molecule has 8 rings (SSSR count). The van der Waals surface area contributed by atoms with Crippen molar-refractivity contribution in [3.8, 4) is 11.5 Å². The minimum absolute atomic E-state index is 0.0775. The molecule has 268 valence electrons. The van der Waals surface area contributed by atoms with E-state index in [1.54, 1.807) is 49.4 Å². The van der Waals surface area contributed by atoms with Crippen LogP contribution in [0, 0.1) is 40.7 Å².